The Morgan fingerprint density at radius 3 is 2.45 bits per heavy atom. The summed E-state index contributed by atoms with van der Waals surface area (Å²) in [6.45, 7) is 6.14. The first-order valence-corrected chi connectivity index (χ1v) is 7.50. The van der Waals surface area contributed by atoms with Gasteiger partial charge in [-0.1, -0.05) is 0 Å². The normalized spacial score (nSPS) is 23.9. The highest BCUT2D eigenvalue weighted by Gasteiger charge is 2.24. The summed E-state index contributed by atoms with van der Waals surface area (Å²) in [5.74, 6) is 0.779. The van der Waals surface area contributed by atoms with Crippen LogP contribution in [-0.2, 0) is 9.53 Å². The number of nitrogens with two attached hydrogens (primary N) is 1. The second-order valence-electron chi connectivity index (χ2n) is 5.93. The van der Waals surface area contributed by atoms with Gasteiger partial charge in [0.15, 0.2) is 0 Å². The third kappa shape index (κ3) is 5.56. The van der Waals surface area contributed by atoms with E-state index in [2.05, 4.69) is 17.1 Å². The van der Waals surface area contributed by atoms with Gasteiger partial charge >= 0.3 is 0 Å². The number of piperidine rings is 1. The fourth-order valence-electron chi connectivity index (χ4n) is 2.96. The minimum absolute atomic E-state index is 0. The van der Waals surface area contributed by atoms with Crippen molar-refractivity contribution in [2.75, 3.05) is 32.8 Å². The Labute approximate surface area is 128 Å². The van der Waals surface area contributed by atoms with Crippen molar-refractivity contribution in [3.63, 3.8) is 0 Å². The average molecular weight is 306 g/mol. The topological polar surface area (TPSA) is 67.6 Å². The molecule has 0 spiro atoms. The van der Waals surface area contributed by atoms with Crippen molar-refractivity contribution in [3.8, 4) is 0 Å². The Morgan fingerprint density at radius 1 is 1.30 bits per heavy atom. The van der Waals surface area contributed by atoms with Crippen LogP contribution in [0.2, 0.25) is 0 Å². The molecule has 3 N–H and O–H groups in total. The molecule has 0 aliphatic carbocycles. The van der Waals surface area contributed by atoms with Crippen LogP contribution in [0.15, 0.2) is 0 Å². The van der Waals surface area contributed by atoms with E-state index in [1.807, 2.05) is 0 Å². The average Bonchev–Trinajstić information content (AvgIpc) is 2.40. The van der Waals surface area contributed by atoms with Crippen molar-refractivity contribution in [3.05, 3.63) is 0 Å². The summed E-state index contributed by atoms with van der Waals surface area (Å²) in [4.78, 5) is 14.2. The van der Waals surface area contributed by atoms with E-state index in [-0.39, 0.29) is 24.4 Å². The van der Waals surface area contributed by atoms with E-state index in [0.717, 1.165) is 52.0 Å². The molecule has 118 valence electrons. The van der Waals surface area contributed by atoms with Gasteiger partial charge in [-0.15, -0.1) is 12.4 Å². The molecule has 2 aliphatic heterocycles. The summed E-state index contributed by atoms with van der Waals surface area (Å²) in [6.07, 6.45) is 4.11. The molecule has 1 unspecified atom stereocenters. The van der Waals surface area contributed by atoms with Gasteiger partial charge < -0.3 is 15.8 Å². The number of carbonyl (C=O) groups is 1. The van der Waals surface area contributed by atoms with E-state index in [1.165, 1.54) is 0 Å². The van der Waals surface area contributed by atoms with E-state index in [9.17, 15) is 4.79 Å². The molecule has 1 atom stereocenters. The number of hydrogen-bond donors (Lipinski definition) is 2. The highest BCUT2D eigenvalue weighted by atomic mass is 35.5. The van der Waals surface area contributed by atoms with E-state index < -0.39 is 0 Å². The van der Waals surface area contributed by atoms with E-state index in [0.29, 0.717) is 18.5 Å². The maximum Gasteiger partial charge on any atom is 0.234 e. The highest BCUT2D eigenvalue weighted by molar-refractivity contribution is 5.85. The molecule has 2 fully saturated rings. The lowest BCUT2D eigenvalue weighted by Gasteiger charge is -2.33. The lowest BCUT2D eigenvalue weighted by atomic mass is 9.91. The zero-order chi connectivity index (χ0) is 13.7. The van der Waals surface area contributed by atoms with E-state index in [1.54, 1.807) is 0 Å². The smallest absolute Gasteiger partial charge is 0.234 e. The SMILES string of the molecule is CC(N)C1CCN(CC(=O)NC2CCOCC2)CC1.Cl. The van der Waals surface area contributed by atoms with Gasteiger partial charge in [0.2, 0.25) is 5.91 Å². The van der Waals surface area contributed by atoms with Crippen molar-refractivity contribution in [2.24, 2.45) is 11.7 Å². The van der Waals surface area contributed by atoms with Crippen LogP contribution in [0.1, 0.15) is 32.6 Å². The first-order chi connectivity index (χ1) is 9.15. The Hall–Kier alpha value is -0.360. The van der Waals surface area contributed by atoms with Crippen LogP contribution in [0.4, 0.5) is 0 Å². The van der Waals surface area contributed by atoms with Crippen LogP contribution in [0.25, 0.3) is 0 Å². The first kappa shape index (κ1) is 17.7. The van der Waals surface area contributed by atoms with Crippen molar-refractivity contribution >= 4 is 18.3 Å². The second kappa shape index (κ2) is 8.82. The molecule has 0 bridgehead atoms. The number of rotatable bonds is 4. The third-order valence-corrected chi connectivity index (χ3v) is 4.33. The Bertz CT molecular complexity index is 288. The van der Waals surface area contributed by atoms with Crippen LogP contribution in [-0.4, -0.2) is 55.7 Å². The molecule has 0 aromatic heterocycles. The number of nitrogens with zero attached hydrogens (tertiary/aromatic N) is 1. The molecular formula is C14H28ClN3O2. The predicted molar refractivity (Wildman–Crippen MR) is 82.0 cm³/mol. The summed E-state index contributed by atoms with van der Waals surface area (Å²) in [5, 5.41) is 3.11. The lowest BCUT2D eigenvalue weighted by Crippen LogP contribution is -2.47. The standard InChI is InChI=1S/C14H27N3O2.ClH/c1-11(15)12-2-6-17(7-3-12)10-14(18)16-13-4-8-19-9-5-13;/h11-13H,2-10,15H2,1H3,(H,16,18);1H. The zero-order valence-electron chi connectivity index (χ0n) is 12.3. The molecule has 2 heterocycles. The molecule has 5 nitrogen and oxygen atoms in total. The van der Waals surface area contributed by atoms with Gasteiger partial charge in [-0.05, 0) is 51.6 Å². The number of carbonyl (C=O) groups excluding carboxylic acids is 1. The van der Waals surface area contributed by atoms with Gasteiger partial charge in [-0.3, -0.25) is 9.69 Å². The van der Waals surface area contributed by atoms with Crippen LogP contribution < -0.4 is 11.1 Å². The van der Waals surface area contributed by atoms with E-state index in [4.69, 9.17) is 10.5 Å². The molecule has 0 radical (unpaired) electrons. The highest BCUT2D eigenvalue weighted by Crippen LogP contribution is 2.19. The molecule has 2 aliphatic rings. The van der Waals surface area contributed by atoms with Gasteiger partial charge in [0.1, 0.15) is 0 Å². The molecule has 0 aromatic rings. The number of amides is 1. The van der Waals surface area contributed by atoms with Crippen LogP contribution in [0.5, 0.6) is 0 Å². The number of nitrogens with one attached hydrogen (secondary N) is 1. The minimum atomic E-state index is 0. The largest absolute Gasteiger partial charge is 0.381 e. The third-order valence-electron chi connectivity index (χ3n) is 4.33. The summed E-state index contributed by atoms with van der Waals surface area (Å²) in [7, 11) is 0. The van der Waals surface area contributed by atoms with E-state index >= 15 is 0 Å². The minimum Gasteiger partial charge on any atom is -0.381 e. The Morgan fingerprint density at radius 2 is 1.90 bits per heavy atom. The fourth-order valence-corrected chi connectivity index (χ4v) is 2.96. The summed E-state index contributed by atoms with van der Waals surface area (Å²) < 4.78 is 5.29. The van der Waals surface area contributed by atoms with Crippen LogP contribution >= 0.6 is 12.4 Å². The fraction of sp³-hybridized carbons (Fsp3) is 0.929. The van der Waals surface area contributed by atoms with Gasteiger partial charge in [0.05, 0.1) is 6.54 Å². The number of hydrogen-bond acceptors (Lipinski definition) is 4. The summed E-state index contributed by atoms with van der Waals surface area (Å²) >= 11 is 0. The van der Waals surface area contributed by atoms with Crippen LogP contribution in [0.3, 0.4) is 0 Å². The quantitative estimate of drug-likeness (QED) is 0.805. The lowest BCUT2D eigenvalue weighted by molar-refractivity contribution is -0.123. The van der Waals surface area contributed by atoms with Gasteiger partial charge in [-0.25, -0.2) is 0 Å². The molecule has 6 heteroatoms. The zero-order valence-corrected chi connectivity index (χ0v) is 13.2. The molecular weight excluding hydrogens is 278 g/mol. The summed E-state index contributed by atoms with van der Waals surface area (Å²) in [5.41, 5.74) is 5.93. The molecule has 2 rings (SSSR count). The number of halogens is 1. The summed E-state index contributed by atoms with van der Waals surface area (Å²) in [6, 6.07) is 0.584. The Balaban J connectivity index is 0.00000200. The van der Waals surface area contributed by atoms with Gasteiger partial charge in [0.25, 0.3) is 0 Å². The molecule has 2 saturated heterocycles. The maximum absolute atomic E-state index is 12.0. The molecule has 1 amide bonds. The molecule has 0 saturated carbocycles. The van der Waals surface area contributed by atoms with Crippen molar-refractivity contribution in [1.82, 2.24) is 10.2 Å². The van der Waals surface area contributed by atoms with Crippen LogP contribution in [0, 0.1) is 5.92 Å². The first-order valence-electron chi connectivity index (χ1n) is 7.50. The predicted octanol–water partition coefficient (Wildman–Crippen LogP) is 0.763. The molecule has 0 aromatic carbocycles. The van der Waals surface area contributed by atoms with Crippen molar-refractivity contribution in [2.45, 2.75) is 44.7 Å². The molecule has 20 heavy (non-hydrogen) atoms. The van der Waals surface area contributed by atoms with Crippen molar-refractivity contribution < 1.29 is 9.53 Å². The van der Waals surface area contributed by atoms with Gasteiger partial charge in [0, 0.05) is 25.3 Å². The second-order valence-corrected chi connectivity index (χ2v) is 5.93. The number of ether oxygens (including phenoxy) is 1. The van der Waals surface area contributed by atoms with Crippen molar-refractivity contribution in [1.29, 1.82) is 0 Å². The monoisotopic (exact) mass is 305 g/mol. The maximum atomic E-state index is 12.0. The number of likely N-dealkylation sites (tertiary alicyclic amines) is 1. The Kier molecular flexibility index (Phi) is 7.80. The van der Waals surface area contributed by atoms with Gasteiger partial charge in [-0.2, -0.15) is 0 Å².